The van der Waals surface area contributed by atoms with E-state index in [2.05, 4.69) is 5.43 Å². The Morgan fingerprint density at radius 2 is 1.66 bits per heavy atom. The van der Waals surface area contributed by atoms with Crippen LogP contribution in [0.1, 0.15) is 48.7 Å². The predicted molar refractivity (Wildman–Crippen MR) is 129 cm³/mol. The number of nitrogens with zero attached hydrogens (tertiary/aromatic N) is 2. The first-order chi connectivity index (χ1) is 15.5. The number of para-hydroxylation sites is 2. The summed E-state index contributed by atoms with van der Waals surface area (Å²) < 4.78 is 0. The fourth-order valence-corrected chi connectivity index (χ4v) is 4.44. The number of carbonyl (C=O) groups excluding carboxylic acids is 2. The van der Waals surface area contributed by atoms with Crippen molar-refractivity contribution in [3.63, 3.8) is 0 Å². The van der Waals surface area contributed by atoms with E-state index in [1.54, 1.807) is 24.3 Å². The van der Waals surface area contributed by atoms with Crippen LogP contribution in [0.4, 0.5) is 17.1 Å². The minimum atomic E-state index is -0.149. The number of amides is 2. The molecular weight excluding hydrogens is 400 g/mol. The number of anilines is 3. The van der Waals surface area contributed by atoms with Crippen molar-refractivity contribution in [1.29, 1.82) is 0 Å². The summed E-state index contributed by atoms with van der Waals surface area (Å²) in [7, 11) is 0. The van der Waals surface area contributed by atoms with Crippen molar-refractivity contribution in [2.45, 2.75) is 38.8 Å². The highest BCUT2D eigenvalue weighted by Gasteiger charge is 2.38. The first-order valence-corrected chi connectivity index (χ1v) is 10.9. The lowest BCUT2D eigenvalue weighted by molar-refractivity contribution is -0.118. The van der Waals surface area contributed by atoms with Gasteiger partial charge in [0.2, 0.25) is 5.91 Å². The van der Waals surface area contributed by atoms with Crippen molar-refractivity contribution in [2.24, 2.45) is 5.84 Å². The van der Waals surface area contributed by atoms with Crippen molar-refractivity contribution >= 4 is 28.9 Å². The van der Waals surface area contributed by atoms with Crippen LogP contribution in [0.3, 0.4) is 0 Å². The number of carbonyl (C=O) groups is 2. The van der Waals surface area contributed by atoms with Crippen molar-refractivity contribution in [2.75, 3.05) is 15.2 Å². The quantitative estimate of drug-likeness (QED) is 0.448. The summed E-state index contributed by atoms with van der Waals surface area (Å²) in [4.78, 5) is 30.3. The molecular formula is C26H28N4O2. The molecule has 6 heteroatoms. The summed E-state index contributed by atoms with van der Waals surface area (Å²) >= 11 is 0. The molecule has 1 aliphatic heterocycles. The summed E-state index contributed by atoms with van der Waals surface area (Å²) in [5, 5.41) is 0. The average Bonchev–Trinajstić information content (AvgIpc) is 2.84. The summed E-state index contributed by atoms with van der Waals surface area (Å²) in [6, 6.07) is 24.5. The molecule has 0 fully saturated rings. The van der Waals surface area contributed by atoms with Gasteiger partial charge in [-0.25, -0.2) is 0 Å². The lowest BCUT2D eigenvalue weighted by atomic mass is 9.89. The maximum atomic E-state index is 13.5. The van der Waals surface area contributed by atoms with Gasteiger partial charge in [0.25, 0.3) is 5.91 Å². The van der Waals surface area contributed by atoms with Crippen molar-refractivity contribution < 1.29 is 9.59 Å². The van der Waals surface area contributed by atoms with E-state index in [0.717, 1.165) is 22.6 Å². The molecule has 0 bridgehead atoms. The van der Waals surface area contributed by atoms with Gasteiger partial charge in [-0.2, -0.15) is 0 Å². The van der Waals surface area contributed by atoms with Gasteiger partial charge in [-0.15, -0.1) is 0 Å². The first-order valence-electron chi connectivity index (χ1n) is 10.9. The molecule has 2 atom stereocenters. The van der Waals surface area contributed by atoms with E-state index in [1.165, 1.54) is 0 Å². The molecule has 2 amide bonds. The number of fused-ring (bicyclic) bond motifs is 1. The Morgan fingerprint density at radius 1 is 1.00 bits per heavy atom. The number of nitrogen functional groups attached to an aromatic ring is 1. The normalized spacial score (nSPS) is 17.4. The van der Waals surface area contributed by atoms with E-state index in [-0.39, 0.29) is 23.9 Å². The molecule has 164 valence electrons. The summed E-state index contributed by atoms with van der Waals surface area (Å²) in [5.41, 5.74) is 6.60. The minimum absolute atomic E-state index is 0.0628. The Kier molecular flexibility index (Phi) is 6.23. The molecule has 0 saturated carbocycles. The number of rotatable bonds is 5. The molecule has 0 saturated heterocycles. The van der Waals surface area contributed by atoms with Crippen LogP contribution >= 0.6 is 0 Å². The highest BCUT2D eigenvalue weighted by Crippen LogP contribution is 2.42. The summed E-state index contributed by atoms with van der Waals surface area (Å²) in [6.45, 7) is 3.92. The van der Waals surface area contributed by atoms with Crippen molar-refractivity contribution in [3.8, 4) is 0 Å². The molecule has 1 aliphatic rings. The van der Waals surface area contributed by atoms with Crippen LogP contribution in [0.15, 0.2) is 78.9 Å². The molecule has 3 aromatic carbocycles. The Balaban J connectivity index is 1.76. The molecule has 3 aromatic rings. The third-order valence-electron chi connectivity index (χ3n) is 5.99. The third kappa shape index (κ3) is 3.97. The number of hydrogen-bond donors (Lipinski definition) is 2. The van der Waals surface area contributed by atoms with Crippen LogP contribution in [-0.2, 0) is 4.79 Å². The number of hydrogen-bond acceptors (Lipinski definition) is 4. The molecule has 4 rings (SSSR count). The molecule has 0 aliphatic carbocycles. The van der Waals surface area contributed by atoms with Crippen molar-refractivity contribution in [1.82, 2.24) is 0 Å². The molecule has 3 N–H and O–H groups in total. The Hall–Kier alpha value is -3.64. The zero-order valence-electron chi connectivity index (χ0n) is 18.4. The van der Waals surface area contributed by atoms with E-state index in [4.69, 9.17) is 5.84 Å². The molecule has 0 aromatic heterocycles. The molecule has 0 unspecified atom stereocenters. The maximum Gasteiger partial charge on any atom is 0.258 e. The van der Waals surface area contributed by atoms with Crippen LogP contribution in [0.25, 0.3) is 0 Å². The van der Waals surface area contributed by atoms with Gasteiger partial charge in [0.1, 0.15) is 0 Å². The second-order valence-electron chi connectivity index (χ2n) is 8.01. The molecule has 1 heterocycles. The fraction of sp³-hybridized carbons (Fsp3) is 0.231. The van der Waals surface area contributed by atoms with Crippen LogP contribution in [0, 0.1) is 0 Å². The molecule has 0 radical (unpaired) electrons. The number of hydrazine groups is 1. The van der Waals surface area contributed by atoms with E-state index in [9.17, 15) is 9.59 Å². The standard InChI is InChI=1S/C26H28N4O2/c1-3-25(31)30(21-9-5-4-6-10-21)24-17-18(2)29(23-12-8-7-11-22(23)24)26(32)19-13-15-20(28-27)16-14-19/h4-16,18,24,28H,3,17,27H2,1-2H3/t18-,24+/m0/s1. The highest BCUT2D eigenvalue weighted by atomic mass is 16.2. The smallest absolute Gasteiger partial charge is 0.258 e. The third-order valence-corrected chi connectivity index (χ3v) is 5.99. The van der Waals surface area contributed by atoms with Crippen LogP contribution in [0.5, 0.6) is 0 Å². The summed E-state index contributed by atoms with van der Waals surface area (Å²) in [5.74, 6) is 5.45. The predicted octanol–water partition coefficient (Wildman–Crippen LogP) is 4.90. The number of benzene rings is 3. The van der Waals surface area contributed by atoms with E-state index < -0.39 is 0 Å². The van der Waals surface area contributed by atoms with Crippen LogP contribution < -0.4 is 21.1 Å². The average molecular weight is 429 g/mol. The van der Waals surface area contributed by atoms with E-state index in [0.29, 0.717) is 18.4 Å². The van der Waals surface area contributed by atoms with Gasteiger partial charge < -0.3 is 15.2 Å². The molecule has 0 spiro atoms. The van der Waals surface area contributed by atoms with Gasteiger partial charge in [0, 0.05) is 35.1 Å². The van der Waals surface area contributed by atoms with Gasteiger partial charge in [0.15, 0.2) is 0 Å². The zero-order chi connectivity index (χ0) is 22.7. The second-order valence-corrected chi connectivity index (χ2v) is 8.01. The van der Waals surface area contributed by atoms with Gasteiger partial charge in [-0.05, 0) is 61.4 Å². The SMILES string of the molecule is CCC(=O)N(c1ccccc1)[C@@H]1C[C@H](C)N(C(=O)c2ccc(NN)cc2)c2ccccc21. The number of nitrogens with two attached hydrogens (primary N) is 1. The Bertz CT molecular complexity index is 1100. The number of nitrogens with one attached hydrogen (secondary N) is 1. The van der Waals surface area contributed by atoms with Crippen LogP contribution in [0.2, 0.25) is 0 Å². The molecule has 6 nitrogen and oxygen atoms in total. The summed E-state index contributed by atoms with van der Waals surface area (Å²) in [6.07, 6.45) is 1.05. The van der Waals surface area contributed by atoms with Gasteiger partial charge in [0.05, 0.1) is 6.04 Å². The van der Waals surface area contributed by atoms with E-state index in [1.807, 2.05) is 78.2 Å². The molecule has 32 heavy (non-hydrogen) atoms. The topological polar surface area (TPSA) is 78.7 Å². The largest absolute Gasteiger partial charge is 0.324 e. The van der Waals surface area contributed by atoms with Gasteiger partial charge in [-0.3, -0.25) is 15.4 Å². The van der Waals surface area contributed by atoms with Gasteiger partial charge in [-0.1, -0.05) is 43.3 Å². The lowest BCUT2D eigenvalue weighted by Crippen LogP contribution is -2.47. The monoisotopic (exact) mass is 428 g/mol. The second kappa shape index (κ2) is 9.24. The van der Waals surface area contributed by atoms with E-state index >= 15 is 0 Å². The van der Waals surface area contributed by atoms with Gasteiger partial charge >= 0.3 is 0 Å². The Morgan fingerprint density at radius 3 is 2.31 bits per heavy atom. The van der Waals surface area contributed by atoms with Crippen molar-refractivity contribution in [3.05, 3.63) is 90.0 Å². The fourth-order valence-electron chi connectivity index (χ4n) is 4.44. The highest BCUT2D eigenvalue weighted by molar-refractivity contribution is 6.07. The maximum absolute atomic E-state index is 13.5. The zero-order valence-corrected chi connectivity index (χ0v) is 18.4. The Labute approximate surface area is 188 Å². The first kappa shape index (κ1) is 21.6. The minimum Gasteiger partial charge on any atom is -0.324 e. The lowest BCUT2D eigenvalue weighted by Gasteiger charge is -2.43. The van der Waals surface area contributed by atoms with Crippen LogP contribution in [-0.4, -0.2) is 17.9 Å².